The van der Waals surface area contributed by atoms with E-state index in [-0.39, 0.29) is 18.9 Å². The van der Waals surface area contributed by atoms with Gasteiger partial charge >= 0.3 is 0 Å². The molecule has 3 aliphatic heterocycles. The van der Waals surface area contributed by atoms with Crippen molar-refractivity contribution in [3.8, 4) is 0 Å². The molecule has 1 amide bonds. The number of hydrogen-bond acceptors (Lipinski definition) is 18. The van der Waals surface area contributed by atoms with Gasteiger partial charge < -0.3 is 89.9 Å². The number of carbonyl (C=O) groups is 1. The number of aliphatic hydroxyl groups is 11. The molecule has 3 saturated heterocycles. The Kier molecular flexibility index (Phi) is 44.2. The largest absolute Gasteiger partial charge is 0.394 e. The Bertz CT molecular complexity index is 1580. The third kappa shape index (κ3) is 30.8. The molecule has 0 spiro atoms. The van der Waals surface area contributed by atoms with Crippen LogP contribution >= 0.6 is 0 Å². The van der Waals surface area contributed by atoms with Gasteiger partial charge in [0.25, 0.3) is 0 Å². The molecule has 17 atom stereocenters. The van der Waals surface area contributed by atoms with Crippen LogP contribution in [-0.2, 0) is 33.2 Å². The Morgan fingerprint density at radius 3 is 1.15 bits per heavy atom. The standard InChI is InChI=1S/C65H123NO18/c1-3-5-7-9-10-11-12-13-14-15-16-17-18-19-20-21-22-23-24-25-26-27-28-29-30-31-32-33-34-35-36-37-38-39-41-43-53(71)66-48(49(70)42-40-8-6-4-2)47-79-63-59(77)56(74)61(51(45-68)81-63)84-65-60(78)57(75)62(52(46-69)82-65)83-64-58(76)55(73)54(72)50(44-67)80-64/h15-16,48-52,54-65,67-70,72-78H,3-14,17-47H2,1-2H3,(H,66,71)/b16-15-. The number of allylic oxidation sites excluding steroid dienone is 2. The Morgan fingerprint density at radius 1 is 0.417 bits per heavy atom. The zero-order valence-corrected chi connectivity index (χ0v) is 52.2. The second kappa shape index (κ2) is 48.4. The SMILES string of the molecule is CCCCCCCCCC/C=C\CCCCCCCCCCCCCCCCCCCCCCCCCC(=O)NC(COC1OC(CO)C(OC2OC(CO)C(OC3OC(CO)C(O)C(O)C3O)C(O)C2O)C(O)C1O)C(O)CCCCCC. The average Bonchev–Trinajstić information content (AvgIpc) is 3.52. The second-order valence-corrected chi connectivity index (χ2v) is 24.6. The summed E-state index contributed by atoms with van der Waals surface area (Å²) in [7, 11) is 0. The maximum absolute atomic E-state index is 13.2. The Balaban J connectivity index is 1.23. The topological polar surface area (TPSA) is 307 Å². The molecule has 12 N–H and O–H groups in total. The smallest absolute Gasteiger partial charge is 0.220 e. The van der Waals surface area contributed by atoms with Crippen LogP contribution in [0.25, 0.3) is 0 Å². The van der Waals surface area contributed by atoms with Crippen molar-refractivity contribution in [3.05, 3.63) is 12.2 Å². The minimum absolute atomic E-state index is 0.247. The first-order valence-corrected chi connectivity index (χ1v) is 33.9. The highest BCUT2D eigenvalue weighted by atomic mass is 16.8. The number of amides is 1. The van der Waals surface area contributed by atoms with Crippen LogP contribution in [0.5, 0.6) is 0 Å². The normalized spacial score (nSPS) is 29.2. The highest BCUT2D eigenvalue weighted by Gasteiger charge is 2.53. The fourth-order valence-electron chi connectivity index (χ4n) is 11.8. The molecule has 3 aliphatic rings. The zero-order chi connectivity index (χ0) is 61.2. The molecule has 3 heterocycles. The van der Waals surface area contributed by atoms with E-state index in [1.165, 1.54) is 186 Å². The summed E-state index contributed by atoms with van der Waals surface area (Å²) in [6.45, 7) is 1.67. The van der Waals surface area contributed by atoms with Crippen molar-refractivity contribution in [1.29, 1.82) is 0 Å². The molecule has 0 aromatic carbocycles. The number of hydrogen-bond donors (Lipinski definition) is 12. The average molecular weight is 1210 g/mol. The van der Waals surface area contributed by atoms with Crippen LogP contribution in [0.4, 0.5) is 0 Å². The molecule has 3 fully saturated rings. The lowest BCUT2D eigenvalue weighted by Gasteiger charge is -2.48. The van der Waals surface area contributed by atoms with Gasteiger partial charge in [-0.15, -0.1) is 0 Å². The molecular formula is C65H123NO18. The van der Waals surface area contributed by atoms with E-state index in [0.717, 1.165) is 38.5 Å². The lowest BCUT2D eigenvalue weighted by molar-refractivity contribution is -0.379. The Labute approximate surface area is 506 Å². The van der Waals surface area contributed by atoms with Crippen LogP contribution in [0.1, 0.15) is 264 Å². The highest BCUT2D eigenvalue weighted by Crippen LogP contribution is 2.33. The van der Waals surface area contributed by atoms with Gasteiger partial charge in [-0.1, -0.05) is 231 Å². The first-order chi connectivity index (χ1) is 40.8. The molecule has 19 heteroatoms. The maximum Gasteiger partial charge on any atom is 0.220 e. The van der Waals surface area contributed by atoms with E-state index in [9.17, 15) is 61.0 Å². The quantitative estimate of drug-likeness (QED) is 0.0202. The third-order valence-electron chi connectivity index (χ3n) is 17.3. The van der Waals surface area contributed by atoms with Crippen molar-refractivity contribution in [2.75, 3.05) is 26.4 Å². The van der Waals surface area contributed by atoms with Crippen LogP contribution < -0.4 is 5.32 Å². The minimum Gasteiger partial charge on any atom is -0.394 e. The fourth-order valence-corrected chi connectivity index (χ4v) is 11.8. The number of aliphatic hydroxyl groups excluding tert-OH is 11. The van der Waals surface area contributed by atoms with Crippen LogP contribution in [0.3, 0.4) is 0 Å². The summed E-state index contributed by atoms with van der Waals surface area (Å²) in [5.74, 6) is -0.247. The summed E-state index contributed by atoms with van der Waals surface area (Å²) in [6.07, 6.45) is 25.9. The summed E-state index contributed by atoms with van der Waals surface area (Å²) in [5.41, 5.74) is 0. The summed E-state index contributed by atoms with van der Waals surface area (Å²) < 4.78 is 34.1. The lowest BCUT2D eigenvalue weighted by atomic mass is 9.96. The highest BCUT2D eigenvalue weighted by molar-refractivity contribution is 5.76. The Hall–Kier alpha value is -1.47. The van der Waals surface area contributed by atoms with Crippen LogP contribution in [0, 0.1) is 0 Å². The van der Waals surface area contributed by atoms with Crippen LogP contribution in [-0.4, -0.2) is 193 Å². The van der Waals surface area contributed by atoms with E-state index in [1.54, 1.807) is 0 Å². The van der Waals surface area contributed by atoms with Gasteiger partial charge in [0.1, 0.15) is 73.2 Å². The molecule has 0 radical (unpaired) electrons. The molecule has 3 rings (SSSR count). The third-order valence-corrected chi connectivity index (χ3v) is 17.3. The van der Waals surface area contributed by atoms with Crippen molar-refractivity contribution in [3.63, 3.8) is 0 Å². The first-order valence-electron chi connectivity index (χ1n) is 33.9. The molecular weight excluding hydrogens is 1080 g/mol. The van der Waals surface area contributed by atoms with Crippen molar-refractivity contribution in [1.82, 2.24) is 5.32 Å². The minimum atomic E-state index is -1.97. The fraction of sp³-hybridized carbons (Fsp3) is 0.954. The van der Waals surface area contributed by atoms with Gasteiger partial charge in [-0.05, 0) is 38.5 Å². The van der Waals surface area contributed by atoms with Crippen molar-refractivity contribution < 1.29 is 89.4 Å². The van der Waals surface area contributed by atoms with Gasteiger partial charge in [-0.3, -0.25) is 4.79 Å². The molecule has 84 heavy (non-hydrogen) atoms. The first kappa shape index (κ1) is 76.8. The van der Waals surface area contributed by atoms with E-state index in [1.807, 2.05) is 0 Å². The number of rotatable bonds is 52. The maximum atomic E-state index is 13.2. The van der Waals surface area contributed by atoms with E-state index >= 15 is 0 Å². The molecule has 0 bridgehead atoms. The van der Waals surface area contributed by atoms with E-state index in [0.29, 0.717) is 19.3 Å². The van der Waals surface area contributed by atoms with Gasteiger partial charge in [0.05, 0.1) is 38.6 Å². The van der Waals surface area contributed by atoms with Gasteiger partial charge in [0.2, 0.25) is 5.91 Å². The molecule has 17 unspecified atom stereocenters. The predicted octanol–water partition coefficient (Wildman–Crippen LogP) is 8.11. The van der Waals surface area contributed by atoms with Gasteiger partial charge in [0.15, 0.2) is 18.9 Å². The lowest BCUT2D eigenvalue weighted by Crippen LogP contribution is -2.66. The molecule has 0 aromatic rings. The summed E-state index contributed by atoms with van der Waals surface area (Å²) in [5, 5.41) is 120. The summed E-state index contributed by atoms with van der Waals surface area (Å²) in [6, 6.07) is -0.878. The van der Waals surface area contributed by atoms with Gasteiger partial charge in [0, 0.05) is 6.42 Å². The van der Waals surface area contributed by atoms with E-state index in [2.05, 4.69) is 31.3 Å². The molecule has 19 nitrogen and oxygen atoms in total. The van der Waals surface area contributed by atoms with E-state index < -0.39 is 124 Å². The molecule has 0 aliphatic carbocycles. The number of ether oxygens (including phenoxy) is 6. The summed E-state index contributed by atoms with van der Waals surface area (Å²) in [4.78, 5) is 13.2. The number of nitrogens with one attached hydrogen (secondary N) is 1. The van der Waals surface area contributed by atoms with Crippen molar-refractivity contribution >= 4 is 5.91 Å². The van der Waals surface area contributed by atoms with Crippen LogP contribution in [0.15, 0.2) is 12.2 Å². The van der Waals surface area contributed by atoms with Crippen LogP contribution in [0.2, 0.25) is 0 Å². The second-order valence-electron chi connectivity index (χ2n) is 24.6. The van der Waals surface area contributed by atoms with Crippen molar-refractivity contribution in [2.24, 2.45) is 0 Å². The van der Waals surface area contributed by atoms with Gasteiger partial charge in [-0.2, -0.15) is 0 Å². The van der Waals surface area contributed by atoms with Crippen molar-refractivity contribution in [2.45, 2.75) is 369 Å². The molecule has 0 aromatic heterocycles. The number of unbranched alkanes of at least 4 members (excludes halogenated alkanes) is 34. The Morgan fingerprint density at radius 2 is 0.750 bits per heavy atom. The predicted molar refractivity (Wildman–Crippen MR) is 323 cm³/mol. The molecule has 496 valence electrons. The molecule has 0 saturated carbocycles. The van der Waals surface area contributed by atoms with E-state index in [4.69, 9.17) is 28.4 Å². The zero-order valence-electron chi connectivity index (χ0n) is 52.2. The monoisotopic (exact) mass is 1210 g/mol. The number of carbonyl (C=O) groups excluding carboxylic acids is 1. The summed E-state index contributed by atoms with van der Waals surface area (Å²) >= 11 is 0. The van der Waals surface area contributed by atoms with Gasteiger partial charge in [-0.25, -0.2) is 0 Å².